The molecule has 0 aromatic carbocycles. The Balaban J connectivity index is 2.73. The van der Waals surface area contributed by atoms with E-state index < -0.39 is 0 Å². The lowest BCUT2D eigenvalue weighted by Gasteiger charge is -1.73. The van der Waals surface area contributed by atoms with Gasteiger partial charge in [0, 0.05) is 0 Å². The summed E-state index contributed by atoms with van der Waals surface area (Å²) in [6.45, 7) is 4.32. The molecule has 0 bridgehead atoms. The zero-order valence-electron chi connectivity index (χ0n) is 4.36. The smallest absolute Gasteiger partial charge is 0.0376 e. The van der Waals surface area contributed by atoms with Crippen molar-refractivity contribution < 1.29 is 0 Å². The van der Waals surface area contributed by atoms with Crippen LogP contribution in [0.25, 0.3) is 0 Å². The van der Waals surface area contributed by atoms with Crippen LogP contribution in [0.5, 0.6) is 0 Å². The zero-order chi connectivity index (χ0) is 4.83. The van der Waals surface area contributed by atoms with Gasteiger partial charge in [0.2, 0.25) is 0 Å². The number of rotatable bonds is 2. The van der Waals surface area contributed by atoms with E-state index in [9.17, 15) is 0 Å². The molecule has 0 nitrogen and oxygen atoms in total. The van der Waals surface area contributed by atoms with Crippen molar-refractivity contribution in [3.05, 3.63) is 11.9 Å². The largest absolute Gasteiger partial charge is 0.102 e. The highest BCUT2D eigenvalue weighted by Gasteiger charge is 1.59. The van der Waals surface area contributed by atoms with E-state index in [4.69, 9.17) is 0 Å². The summed E-state index contributed by atoms with van der Waals surface area (Å²) in [5.74, 6) is 2.21. The molecule has 1 unspecified atom stereocenters. The van der Waals surface area contributed by atoms with Crippen molar-refractivity contribution >= 4 is 8.58 Å². The summed E-state index contributed by atoms with van der Waals surface area (Å²) < 4.78 is 0. The van der Waals surface area contributed by atoms with Gasteiger partial charge in [-0.1, -0.05) is 18.8 Å². The van der Waals surface area contributed by atoms with Crippen LogP contribution in [0.3, 0.4) is 0 Å². The Morgan fingerprint density at radius 2 is 2.33 bits per heavy atom. The lowest BCUT2D eigenvalue weighted by Crippen LogP contribution is -1.44. The molecule has 0 amide bonds. The van der Waals surface area contributed by atoms with Gasteiger partial charge in [-0.2, -0.15) is 0 Å². The summed E-state index contributed by atoms with van der Waals surface area (Å²) in [6, 6.07) is 0. The molecule has 0 fully saturated rings. The molecule has 0 N–H and O–H groups in total. The van der Waals surface area contributed by atoms with Gasteiger partial charge in [-0.05, 0) is 13.1 Å². The van der Waals surface area contributed by atoms with Gasteiger partial charge in [-0.3, -0.25) is 0 Å². The van der Waals surface area contributed by atoms with Gasteiger partial charge in [0.25, 0.3) is 0 Å². The summed E-state index contributed by atoms with van der Waals surface area (Å²) >= 11 is 0. The van der Waals surface area contributed by atoms with Crippen LogP contribution in [0.4, 0.5) is 0 Å². The van der Waals surface area contributed by atoms with Crippen LogP contribution in [0.1, 0.15) is 13.3 Å². The molecule has 0 spiro atoms. The first-order chi connectivity index (χ1) is 2.91. The van der Waals surface area contributed by atoms with E-state index in [2.05, 4.69) is 25.5 Å². The molecule has 0 saturated heterocycles. The van der Waals surface area contributed by atoms with Crippen molar-refractivity contribution in [1.82, 2.24) is 0 Å². The molecule has 1 heteroatoms. The highest BCUT2D eigenvalue weighted by molar-refractivity contribution is 7.40. The maximum absolute atomic E-state index is 2.21. The third kappa shape index (κ3) is 4.17. The van der Waals surface area contributed by atoms with Crippen LogP contribution in [0.15, 0.2) is 11.9 Å². The fourth-order valence-corrected chi connectivity index (χ4v) is 0.707. The molecular formula is C5H11P. The first-order valence-corrected chi connectivity index (χ1v) is 3.81. The van der Waals surface area contributed by atoms with Crippen LogP contribution in [-0.2, 0) is 0 Å². The monoisotopic (exact) mass is 102 g/mol. The topological polar surface area (TPSA) is 0 Å². The Hall–Kier alpha value is 0.170. The van der Waals surface area contributed by atoms with Crippen molar-refractivity contribution in [2.45, 2.75) is 13.3 Å². The second-order valence-electron chi connectivity index (χ2n) is 1.10. The first-order valence-electron chi connectivity index (χ1n) is 2.24. The van der Waals surface area contributed by atoms with Gasteiger partial charge in [0.15, 0.2) is 0 Å². The quantitative estimate of drug-likeness (QED) is 0.469. The summed E-state index contributed by atoms with van der Waals surface area (Å²) in [7, 11) is 0.984. The van der Waals surface area contributed by atoms with Crippen molar-refractivity contribution in [1.29, 1.82) is 0 Å². The number of hydrogen-bond donors (Lipinski definition) is 0. The Bertz CT molecular complexity index is 33.2. The molecule has 6 heavy (non-hydrogen) atoms. The van der Waals surface area contributed by atoms with Gasteiger partial charge in [0.1, 0.15) is 0 Å². The second-order valence-corrected chi connectivity index (χ2v) is 2.01. The molecule has 0 heterocycles. The van der Waals surface area contributed by atoms with Crippen molar-refractivity contribution in [3.8, 4) is 0 Å². The van der Waals surface area contributed by atoms with Gasteiger partial charge in [-0.15, -0.1) is 8.58 Å². The van der Waals surface area contributed by atoms with Gasteiger partial charge >= 0.3 is 0 Å². The van der Waals surface area contributed by atoms with Crippen LogP contribution in [0, 0.1) is 0 Å². The third-order valence-electron chi connectivity index (χ3n) is 0.520. The molecular weight excluding hydrogens is 91.0 g/mol. The normalized spacial score (nSPS) is 12.3. The zero-order valence-corrected chi connectivity index (χ0v) is 5.36. The molecule has 0 aliphatic heterocycles. The molecule has 0 radical (unpaired) electrons. The summed E-state index contributed by atoms with van der Waals surface area (Å²) in [6.07, 6.45) is 3.37. The lowest BCUT2D eigenvalue weighted by molar-refractivity contribution is 1.23. The highest BCUT2D eigenvalue weighted by atomic mass is 31.1. The number of hydrogen-bond acceptors (Lipinski definition) is 0. The predicted molar refractivity (Wildman–Crippen MR) is 33.7 cm³/mol. The maximum atomic E-state index is 2.21. The predicted octanol–water partition coefficient (Wildman–Crippen LogP) is 2.22. The van der Waals surface area contributed by atoms with Crippen LogP contribution in [0.2, 0.25) is 0 Å². The average Bonchev–Trinajstić information content (AvgIpc) is 1.61. The fraction of sp³-hybridized carbons (Fsp3) is 0.600. The number of allylic oxidation sites excluding steroid dienone is 1. The van der Waals surface area contributed by atoms with E-state index in [-0.39, 0.29) is 0 Å². The van der Waals surface area contributed by atoms with Gasteiger partial charge in [-0.25, -0.2) is 0 Å². The summed E-state index contributed by atoms with van der Waals surface area (Å²) in [5, 5.41) is 0. The van der Waals surface area contributed by atoms with Gasteiger partial charge in [0.05, 0.1) is 0 Å². The van der Waals surface area contributed by atoms with E-state index in [0.717, 1.165) is 8.58 Å². The molecule has 36 valence electrons. The second kappa shape index (κ2) is 5.17. The van der Waals surface area contributed by atoms with E-state index >= 15 is 0 Å². The minimum absolute atomic E-state index is 0.984. The Labute approximate surface area is 41.4 Å². The molecule has 0 saturated carbocycles. The lowest BCUT2D eigenvalue weighted by atomic mass is 10.5. The Morgan fingerprint density at radius 3 is 2.50 bits per heavy atom. The summed E-state index contributed by atoms with van der Waals surface area (Å²) in [5.41, 5.74) is 0. The van der Waals surface area contributed by atoms with Crippen LogP contribution in [-0.4, -0.2) is 6.66 Å². The molecule has 0 rings (SSSR count). The SMILES string of the molecule is CC/C=C/PC. The van der Waals surface area contributed by atoms with E-state index in [1.807, 2.05) is 0 Å². The van der Waals surface area contributed by atoms with Crippen LogP contribution < -0.4 is 0 Å². The van der Waals surface area contributed by atoms with Gasteiger partial charge < -0.3 is 0 Å². The van der Waals surface area contributed by atoms with Crippen LogP contribution >= 0.6 is 8.58 Å². The Morgan fingerprint density at radius 1 is 1.67 bits per heavy atom. The minimum atomic E-state index is 0.984. The molecule has 0 aromatic rings. The standard InChI is InChI=1S/C5H11P/c1-3-4-5-6-2/h4-6H,3H2,1-2H3/b5-4+. The molecule has 1 atom stereocenters. The average molecular weight is 102 g/mol. The van der Waals surface area contributed by atoms with E-state index in [1.165, 1.54) is 6.42 Å². The minimum Gasteiger partial charge on any atom is -0.102 e. The van der Waals surface area contributed by atoms with Crippen molar-refractivity contribution in [3.63, 3.8) is 0 Å². The Kier molecular flexibility index (Phi) is 5.32. The highest BCUT2D eigenvalue weighted by Crippen LogP contribution is 2.02. The summed E-state index contributed by atoms with van der Waals surface area (Å²) in [4.78, 5) is 0. The maximum Gasteiger partial charge on any atom is -0.0376 e. The van der Waals surface area contributed by atoms with E-state index in [1.54, 1.807) is 0 Å². The molecule has 0 aliphatic rings. The third-order valence-corrected chi connectivity index (χ3v) is 1.09. The fourth-order valence-electron chi connectivity index (χ4n) is 0.236. The molecule has 0 aliphatic carbocycles. The molecule has 0 aromatic heterocycles. The van der Waals surface area contributed by atoms with Crippen molar-refractivity contribution in [2.24, 2.45) is 0 Å². The van der Waals surface area contributed by atoms with Crippen molar-refractivity contribution in [2.75, 3.05) is 6.66 Å². The van der Waals surface area contributed by atoms with E-state index in [0.29, 0.717) is 0 Å². The first kappa shape index (κ1) is 6.17.